The van der Waals surface area contributed by atoms with Gasteiger partial charge < -0.3 is 9.84 Å². The molecular formula is C16H21N3O3S. The van der Waals surface area contributed by atoms with Gasteiger partial charge in [0.1, 0.15) is 11.5 Å². The van der Waals surface area contributed by atoms with Crippen molar-refractivity contribution in [1.29, 1.82) is 0 Å². The molecule has 0 aliphatic heterocycles. The molecule has 124 valence electrons. The predicted octanol–water partition coefficient (Wildman–Crippen LogP) is 2.15. The van der Waals surface area contributed by atoms with Gasteiger partial charge in [-0.15, -0.1) is 0 Å². The second kappa shape index (κ2) is 8.57. The number of nitrogens with zero attached hydrogens (tertiary/aromatic N) is 2. The number of aryl methyl sites for hydroxylation is 1. The first-order valence-electron chi connectivity index (χ1n) is 7.59. The fourth-order valence-corrected chi connectivity index (χ4v) is 2.99. The van der Waals surface area contributed by atoms with E-state index in [4.69, 9.17) is 4.52 Å². The first kappa shape index (κ1) is 17.3. The summed E-state index contributed by atoms with van der Waals surface area (Å²) >= 11 is 0. The zero-order valence-electron chi connectivity index (χ0n) is 13.3. The quantitative estimate of drug-likeness (QED) is 0.799. The second-order valence-electron chi connectivity index (χ2n) is 5.28. The van der Waals surface area contributed by atoms with E-state index >= 15 is 0 Å². The van der Waals surface area contributed by atoms with Crippen LogP contribution in [0.25, 0.3) is 0 Å². The molecule has 1 amide bonds. The Morgan fingerprint density at radius 2 is 2.09 bits per heavy atom. The van der Waals surface area contributed by atoms with Crippen LogP contribution in [0.4, 0.5) is 0 Å². The van der Waals surface area contributed by atoms with Gasteiger partial charge in [-0.3, -0.25) is 9.00 Å². The molecule has 0 aliphatic carbocycles. The van der Waals surface area contributed by atoms with Crippen molar-refractivity contribution in [2.75, 3.05) is 5.75 Å². The Hall–Kier alpha value is -2.02. The lowest BCUT2D eigenvalue weighted by molar-refractivity contribution is -0.119. The fourth-order valence-electron chi connectivity index (χ4n) is 2.12. The van der Waals surface area contributed by atoms with Crippen LogP contribution in [0.15, 0.2) is 34.9 Å². The molecule has 2 unspecified atom stereocenters. The third kappa shape index (κ3) is 5.59. The first-order chi connectivity index (χ1) is 11.1. The van der Waals surface area contributed by atoms with Crippen molar-refractivity contribution in [3.05, 3.63) is 47.6 Å². The highest BCUT2D eigenvalue weighted by molar-refractivity contribution is 7.84. The van der Waals surface area contributed by atoms with E-state index in [0.717, 1.165) is 18.4 Å². The fraction of sp³-hybridized carbons (Fsp3) is 0.438. The third-order valence-corrected chi connectivity index (χ3v) is 4.39. The van der Waals surface area contributed by atoms with Crippen LogP contribution in [0.5, 0.6) is 0 Å². The van der Waals surface area contributed by atoms with Crippen LogP contribution in [0.3, 0.4) is 0 Å². The van der Waals surface area contributed by atoms with Crippen LogP contribution in [0.1, 0.15) is 43.6 Å². The van der Waals surface area contributed by atoms with E-state index in [9.17, 15) is 9.00 Å². The van der Waals surface area contributed by atoms with Crippen molar-refractivity contribution >= 4 is 16.7 Å². The maximum atomic E-state index is 12.0. The summed E-state index contributed by atoms with van der Waals surface area (Å²) in [6.07, 6.45) is 1.65. The number of aromatic nitrogens is 2. The van der Waals surface area contributed by atoms with Crippen LogP contribution >= 0.6 is 0 Å². The van der Waals surface area contributed by atoms with E-state index in [1.807, 2.05) is 44.2 Å². The van der Waals surface area contributed by atoms with Crippen molar-refractivity contribution in [3.63, 3.8) is 0 Å². The van der Waals surface area contributed by atoms with Gasteiger partial charge in [-0.25, -0.2) is 0 Å². The summed E-state index contributed by atoms with van der Waals surface area (Å²) in [7, 11) is -1.37. The second-order valence-corrected chi connectivity index (χ2v) is 6.74. The van der Waals surface area contributed by atoms with Crippen LogP contribution < -0.4 is 5.32 Å². The van der Waals surface area contributed by atoms with E-state index in [-0.39, 0.29) is 23.5 Å². The number of nitrogens with one attached hydrogen (secondary N) is 1. The molecule has 23 heavy (non-hydrogen) atoms. The molecule has 0 bridgehead atoms. The van der Waals surface area contributed by atoms with E-state index in [2.05, 4.69) is 15.5 Å². The molecular weight excluding hydrogens is 314 g/mol. The van der Waals surface area contributed by atoms with Gasteiger partial charge in [-0.05, 0) is 18.9 Å². The number of amides is 1. The molecule has 0 saturated carbocycles. The average molecular weight is 335 g/mol. The molecule has 6 nitrogen and oxygen atoms in total. The Balaban J connectivity index is 1.81. The average Bonchev–Trinajstić information content (AvgIpc) is 2.95. The maximum Gasteiger partial charge on any atom is 0.239 e. The Morgan fingerprint density at radius 1 is 1.35 bits per heavy atom. The minimum Gasteiger partial charge on any atom is -0.349 e. The number of benzene rings is 1. The zero-order chi connectivity index (χ0) is 16.7. The Kier molecular flexibility index (Phi) is 6.46. The third-order valence-electron chi connectivity index (χ3n) is 3.24. The summed E-state index contributed by atoms with van der Waals surface area (Å²) in [4.78, 5) is 16.1. The van der Waals surface area contributed by atoms with Gasteiger partial charge in [0, 0.05) is 17.2 Å². The highest BCUT2D eigenvalue weighted by Gasteiger charge is 2.15. The summed E-state index contributed by atoms with van der Waals surface area (Å²) in [5.41, 5.74) is 1.01. The summed E-state index contributed by atoms with van der Waals surface area (Å²) in [6, 6.07) is 9.51. The summed E-state index contributed by atoms with van der Waals surface area (Å²) in [5.74, 6) is 0.692. The topological polar surface area (TPSA) is 85.1 Å². The van der Waals surface area contributed by atoms with Crippen LogP contribution in [-0.2, 0) is 27.8 Å². The number of hydrogen-bond donors (Lipinski definition) is 1. The highest BCUT2D eigenvalue weighted by Crippen LogP contribution is 2.11. The molecule has 7 heteroatoms. The van der Waals surface area contributed by atoms with Gasteiger partial charge in [-0.1, -0.05) is 42.4 Å². The zero-order valence-corrected chi connectivity index (χ0v) is 14.1. The Morgan fingerprint density at radius 3 is 2.78 bits per heavy atom. The van der Waals surface area contributed by atoms with Gasteiger partial charge in [0.05, 0.1) is 6.04 Å². The van der Waals surface area contributed by atoms with Crippen LogP contribution in [-0.4, -0.2) is 26.0 Å². The Labute approximate surface area is 138 Å². The lowest BCUT2D eigenvalue weighted by Crippen LogP contribution is -2.31. The van der Waals surface area contributed by atoms with Crippen LogP contribution in [0.2, 0.25) is 0 Å². The molecule has 1 aromatic heterocycles. The molecule has 0 fully saturated rings. The lowest BCUT2D eigenvalue weighted by atomic mass is 10.1. The molecule has 2 rings (SSSR count). The molecule has 0 saturated heterocycles. The molecule has 0 radical (unpaired) electrons. The molecule has 2 atom stereocenters. The number of carbonyl (C=O) groups excluding carboxylic acids is 1. The van der Waals surface area contributed by atoms with Gasteiger partial charge in [0.25, 0.3) is 0 Å². The van der Waals surface area contributed by atoms with E-state index in [0.29, 0.717) is 11.7 Å². The predicted molar refractivity (Wildman–Crippen MR) is 88.0 cm³/mol. The number of carbonyl (C=O) groups is 1. The lowest BCUT2D eigenvalue weighted by Gasteiger charge is -2.13. The highest BCUT2D eigenvalue weighted by atomic mass is 32.2. The molecule has 0 spiro atoms. The van der Waals surface area contributed by atoms with E-state index < -0.39 is 10.8 Å². The number of hydrogen-bond acceptors (Lipinski definition) is 5. The monoisotopic (exact) mass is 335 g/mol. The SMILES string of the molecule is CCCc1noc(CS(=O)CC(=O)NC(C)c2ccccc2)n1. The largest absolute Gasteiger partial charge is 0.349 e. The van der Waals surface area contributed by atoms with Crippen molar-refractivity contribution < 1.29 is 13.5 Å². The van der Waals surface area contributed by atoms with Crippen molar-refractivity contribution in [1.82, 2.24) is 15.5 Å². The molecule has 1 N–H and O–H groups in total. The summed E-state index contributed by atoms with van der Waals surface area (Å²) in [6.45, 7) is 3.91. The maximum absolute atomic E-state index is 12.0. The molecule has 1 heterocycles. The summed E-state index contributed by atoms with van der Waals surface area (Å²) in [5, 5.41) is 6.64. The van der Waals surface area contributed by atoms with E-state index in [1.165, 1.54) is 0 Å². The number of rotatable bonds is 8. The van der Waals surface area contributed by atoms with Crippen molar-refractivity contribution in [3.8, 4) is 0 Å². The normalized spacial score (nSPS) is 13.5. The van der Waals surface area contributed by atoms with Gasteiger partial charge >= 0.3 is 0 Å². The standard InChI is InChI=1S/C16H21N3O3S/c1-3-7-14-18-16(22-19-14)11-23(21)10-15(20)17-12(2)13-8-5-4-6-9-13/h4-6,8-9,12H,3,7,10-11H2,1-2H3,(H,17,20). The van der Waals surface area contributed by atoms with Crippen LogP contribution in [0, 0.1) is 0 Å². The van der Waals surface area contributed by atoms with Gasteiger partial charge in [0.15, 0.2) is 5.82 Å². The minimum absolute atomic E-state index is 0.0807. The molecule has 2 aromatic rings. The minimum atomic E-state index is -1.37. The van der Waals surface area contributed by atoms with Gasteiger partial charge in [-0.2, -0.15) is 4.98 Å². The molecule has 1 aromatic carbocycles. The van der Waals surface area contributed by atoms with Crippen molar-refractivity contribution in [2.45, 2.75) is 38.5 Å². The van der Waals surface area contributed by atoms with Crippen molar-refractivity contribution in [2.24, 2.45) is 0 Å². The summed E-state index contributed by atoms with van der Waals surface area (Å²) < 4.78 is 17.1. The van der Waals surface area contributed by atoms with E-state index in [1.54, 1.807) is 0 Å². The first-order valence-corrected chi connectivity index (χ1v) is 9.08. The van der Waals surface area contributed by atoms with Gasteiger partial charge in [0.2, 0.25) is 11.8 Å². The Bertz CT molecular complexity index is 658. The molecule has 0 aliphatic rings. The smallest absolute Gasteiger partial charge is 0.239 e.